The van der Waals surface area contributed by atoms with Gasteiger partial charge >= 0.3 is 5.97 Å². The maximum absolute atomic E-state index is 13.2. The van der Waals surface area contributed by atoms with Crippen LogP contribution in [-0.2, 0) is 9.53 Å². The summed E-state index contributed by atoms with van der Waals surface area (Å²) in [6.45, 7) is 6.92. The Morgan fingerprint density at radius 3 is 2.25 bits per heavy atom. The zero-order valence-corrected chi connectivity index (χ0v) is 14.2. The predicted molar refractivity (Wildman–Crippen MR) is 90.7 cm³/mol. The number of rotatable bonds is 4. The average molecular weight is 329 g/mol. The number of amides is 1. The smallest absolute Gasteiger partial charge is 0.339 e. The highest BCUT2D eigenvalue weighted by molar-refractivity contribution is 5.97. The molecule has 2 aromatic rings. The Balaban J connectivity index is 2.02. The van der Waals surface area contributed by atoms with E-state index in [1.54, 1.807) is 13.0 Å². The Morgan fingerprint density at radius 1 is 1.00 bits per heavy atom. The molecule has 1 amide bonds. The molecule has 0 aromatic heterocycles. The average Bonchev–Trinajstić information content (AvgIpc) is 2.48. The first-order valence-corrected chi connectivity index (χ1v) is 7.59. The summed E-state index contributed by atoms with van der Waals surface area (Å²) >= 11 is 0. The van der Waals surface area contributed by atoms with Crippen LogP contribution in [0.4, 0.5) is 10.1 Å². The van der Waals surface area contributed by atoms with Gasteiger partial charge in [0.1, 0.15) is 5.82 Å². The molecular formula is C19H20FNO3. The first-order valence-electron chi connectivity index (χ1n) is 7.59. The zero-order chi connectivity index (χ0) is 17.9. The van der Waals surface area contributed by atoms with E-state index in [0.29, 0.717) is 11.3 Å². The van der Waals surface area contributed by atoms with E-state index in [0.717, 1.165) is 22.3 Å². The Kier molecular flexibility index (Phi) is 5.34. The van der Waals surface area contributed by atoms with E-state index in [1.807, 2.05) is 32.9 Å². The molecule has 24 heavy (non-hydrogen) atoms. The van der Waals surface area contributed by atoms with Crippen molar-refractivity contribution in [2.24, 2.45) is 0 Å². The molecule has 4 nitrogen and oxygen atoms in total. The van der Waals surface area contributed by atoms with Gasteiger partial charge in [-0.3, -0.25) is 4.79 Å². The lowest BCUT2D eigenvalue weighted by atomic mass is 10.00. The molecule has 2 rings (SSSR count). The van der Waals surface area contributed by atoms with Crippen LogP contribution in [0, 0.1) is 33.5 Å². The van der Waals surface area contributed by atoms with Gasteiger partial charge in [0.2, 0.25) is 0 Å². The molecule has 0 heterocycles. The fourth-order valence-corrected chi connectivity index (χ4v) is 2.62. The number of hydrogen-bond acceptors (Lipinski definition) is 3. The molecule has 2 aromatic carbocycles. The van der Waals surface area contributed by atoms with Crippen molar-refractivity contribution in [2.75, 3.05) is 11.9 Å². The Bertz CT molecular complexity index is 776. The molecule has 0 radical (unpaired) electrons. The lowest BCUT2D eigenvalue weighted by Crippen LogP contribution is -2.22. The fourth-order valence-electron chi connectivity index (χ4n) is 2.62. The third kappa shape index (κ3) is 4.19. The summed E-state index contributed by atoms with van der Waals surface area (Å²) < 4.78 is 18.3. The number of hydrogen-bond donors (Lipinski definition) is 1. The van der Waals surface area contributed by atoms with E-state index in [9.17, 15) is 14.0 Å². The number of nitrogens with one attached hydrogen (secondary N) is 1. The molecule has 0 aliphatic heterocycles. The van der Waals surface area contributed by atoms with Crippen LogP contribution >= 0.6 is 0 Å². The minimum atomic E-state index is -0.545. The van der Waals surface area contributed by atoms with Crippen LogP contribution in [-0.4, -0.2) is 18.5 Å². The third-order valence-corrected chi connectivity index (χ3v) is 3.69. The van der Waals surface area contributed by atoms with Crippen LogP contribution in [0.3, 0.4) is 0 Å². The molecule has 126 valence electrons. The first-order chi connectivity index (χ1) is 11.3. The van der Waals surface area contributed by atoms with Crippen LogP contribution < -0.4 is 5.32 Å². The Hall–Kier alpha value is -2.69. The molecule has 0 aliphatic rings. The molecule has 0 saturated heterocycles. The lowest BCUT2D eigenvalue weighted by molar-refractivity contribution is -0.119. The summed E-state index contributed by atoms with van der Waals surface area (Å²) in [6.07, 6.45) is 0. The Morgan fingerprint density at radius 2 is 1.62 bits per heavy atom. The van der Waals surface area contributed by atoms with Crippen molar-refractivity contribution in [1.29, 1.82) is 0 Å². The second-order valence-electron chi connectivity index (χ2n) is 5.86. The van der Waals surface area contributed by atoms with Gasteiger partial charge in [0.25, 0.3) is 5.91 Å². The minimum Gasteiger partial charge on any atom is -0.452 e. The molecule has 0 fully saturated rings. The molecule has 5 heteroatoms. The molecule has 0 bridgehead atoms. The van der Waals surface area contributed by atoms with Crippen LogP contribution in [0.15, 0.2) is 30.3 Å². The maximum Gasteiger partial charge on any atom is 0.339 e. The van der Waals surface area contributed by atoms with Crippen LogP contribution in [0.5, 0.6) is 0 Å². The van der Waals surface area contributed by atoms with Crippen molar-refractivity contribution in [1.82, 2.24) is 0 Å². The molecule has 0 saturated carbocycles. The van der Waals surface area contributed by atoms with Gasteiger partial charge in [-0.2, -0.15) is 0 Å². The highest BCUT2D eigenvalue weighted by Crippen LogP contribution is 2.18. The first kappa shape index (κ1) is 17.7. The molecule has 0 atom stereocenters. The van der Waals surface area contributed by atoms with E-state index >= 15 is 0 Å². The number of aryl methyl sites for hydroxylation is 4. The van der Waals surface area contributed by atoms with Crippen molar-refractivity contribution >= 4 is 17.6 Å². The molecular weight excluding hydrogens is 309 g/mol. The van der Waals surface area contributed by atoms with Crippen molar-refractivity contribution in [2.45, 2.75) is 27.7 Å². The van der Waals surface area contributed by atoms with Gasteiger partial charge in [0.15, 0.2) is 6.61 Å². The quantitative estimate of drug-likeness (QED) is 0.867. The molecule has 1 N–H and O–H groups in total. The number of anilines is 1. The van der Waals surface area contributed by atoms with E-state index < -0.39 is 24.3 Å². The largest absolute Gasteiger partial charge is 0.452 e. The second-order valence-corrected chi connectivity index (χ2v) is 5.86. The number of ether oxygens (including phenoxy) is 1. The van der Waals surface area contributed by atoms with Crippen molar-refractivity contribution < 1.29 is 18.7 Å². The van der Waals surface area contributed by atoms with Gasteiger partial charge in [-0.15, -0.1) is 0 Å². The predicted octanol–water partition coefficient (Wildman–Crippen LogP) is 3.85. The van der Waals surface area contributed by atoms with Crippen LogP contribution in [0.1, 0.15) is 32.6 Å². The van der Waals surface area contributed by atoms with E-state index in [1.165, 1.54) is 12.1 Å². The van der Waals surface area contributed by atoms with E-state index in [2.05, 4.69) is 5.32 Å². The third-order valence-electron chi connectivity index (χ3n) is 3.69. The molecule has 0 unspecified atom stereocenters. The fraction of sp³-hybridized carbons (Fsp3) is 0.263. The summed E-state index contributed by atoms with van der Waals surface area (Å²) in [5, 5.41) is 2.54. The van der Waals surface area contributed by atoms with E-state index in [-0.39, 0.29) is 0 Å². The maximum atomic E-state index is 13.2. The van der Waals surface area contributed by atoms with Crippen LogP contribution in [0.2, 0.25) is 0 Å². The highest BCUT2D eigenvalue weighted by Gasteiger charge is 2.16. The number of benzene rings is 2. The number of carbonyl (C=O) groups is 2. The highest BCUT2D eigenvalue weighted by atomic mass is 19.1. The number of carbonyl (C=O) groups excluding carboxylic acids is 2. The topological polar surface area (TPSA) is 55.4 Å². The van der Waals surface area contributed by atoms with Gasteiger partial charge in [0, 0.05) is 5.69 Å². The van der Waals surface area contributed by atoms with Gasteiger partial charge in [-0.1, -0.05) is 23.8 Å². The van der Waals surface area contributed by atoms with Gasteiger partial charge < -0.3 is 10.1 Å². The van der Waals surface area contributed by atoms with Crippen molar-refractivity contribution in [3.63, 3.8) is 0 Å². The zero-order valence-electron chi connectivity index (χ0n) is 14.2. The van der Waals surface area contributed by atoms with Gasteiger partial charge in [0.05, 0.1) is 5.56 Å². The van der Waals surface area contributed by atoms with Crippen LogP contribution in [0.25, 0.3) is 0 Å². The van der Waals surface area contributed by atoms with Gasteiger partial charge in [-0.25, -0.2) is 9.18 Å². The number of esters is 1. The normalized spacial score (nSPS) is 10.4. The lowest BCUT2D eigenvalue weighted by Gasteiger charge is -2.12. The minimum absolute atomic E-state index is 0.360. The second kappa shape index (κ2) is 7.25. The summed E-state index contributed by atoms with van der Waals surface area (Å²) in [6, 6.07) is 7.88. The summed E-state index contributed by atoms with van der Waals surface area (Å²) in [5.41, 5.74) is 4.22. The number of halogens is 1. The Labute approximate surface area is 140 Å². The van der Waals surface area contributed by atoms with Crippen molar-refractivity contribution in [3.05, 3.63) is 64.0 Å². The molecule has 0 spiro atoms. The summed E-state index contributed by atoms with van der Waals surface area (Å²) in [5.74, 6) is -1.51. The van der Waals surface area contributed by atoms with Gasteiger partial charge in [-0.05, 0) is 56.5 Å². The van der Waals surface area contributed by atoms with E-state index in [4.69, 9.17) is 4.74 Å². The molecule has 0 aliphatic carbocycles. The summed E-state index contributed by atoms with van der Waals surface area (Å²) in [7, 11) is 0. The SMILES string of the molecule is Cc1cc(C)c(C(=O)OCC(=O)Nc2cc(F)ccc2C)c(C)c1. The monoisotopic (exact) mass is 329 g/mol. The van der Waals surface area contributed by atoms with Crippen molar-refractivity contribution in [3.8, 4) is 0 Å². The standard InChI is InChI=1S/C19H20FNO3/c1-11-7-13(3)18(14(4)8-11)19(23)24-10-17(22)21-16-9-15(20)6-5-12(16)2/h5-9H,10H2,1-4H3,(H,21,22). The summed E-state index contributed by atoms with van der Waals surface area (Å²) in [4.78, 5) is 24.1.